The Morgan fingerprint density at radius 3 is 2.26 bits per heavy atom. The number of piperidine rings is 1. The van der Waals surface area contributed by atoms with Crippen molar-refractivity contribution < 1.29 is 57.8 Å². The lowest BCUT2D eigenvalue weighted by Gasteiger charge is -2.46. The number of ketones is 2. The molecule has 0 aromatic heterocycles. The van der Waals surface area contributed by atoms with Gasteiger partial charge in [0.1, 0.15) is 30.1 Å². The van der Waals surface area contributed by atoms with E-state index < -0.39 is 54.0 Å². The van der Waals surface area contributed by atoms with Crippen LogP contribution >= 0.6 is 0 Å². The fraction of sp³-hybridized carbons (Fsp3) is 0.769. The molecule has 13 heteroatoms. The number of hydrogen-bond donors (Lipinski definition) is 2. The van der Waals surface area contributed by atoms with Crippen LogP contribution in [0.3, 0.4) is 0 Å². The van der Waals surface area contributed by atoms with Crippen LogP contribution in [0.4, 0.5) is 0 Å². The van der Waals surface area contributed by atoms with Gasteiger partial charge in [0, 0.05) is 65.6 Å². The van der Waals surface area contributed by atoms with Crippen molar-refractivity contribution in [2.75, 3.05) is 35.0 Å². The fourth-order valence-corrected chi connectivity index (χ4v) is 10.5. The molecule has 368 valence electrons. The monoisotopic (exact) mass is 914 g/mol. The lowest BCUT2D eigenvalue weighted by atomic mass is 9.78. The van der Waals surface area contributed by atoms with Crippen LogP contribution in [-0.4, -0.2) is 128 Å². The molecule has 4 aliphatic rings. The summed E-state index contributed by atoms with van der Waals surface area (Å²) in [5, 5.41) is 22.0. The van der Waals surface area contributed by atoms with E-state index in [4.69, 9.17) is 28.4 Å². The molecule has 0 radical (unpaired) electrons. The summed E-state index contributed by atoms with van der Waals surface area (Å²) in [4.78, 5) is 58.4. The summed E-state index contributed by atoms with van der Waals surface area (Å²) < 4.78 is 36.4. The highest BCUT2D eigenvalue weighted by molar-refractivity contribution is 5.87. The van der Waals surface area contributed by atoms with Crippen LogP contribution in [0.25, 0.3) is 0 Å². The number of aliphatic hydroxyl groups is 2. The molecule has 15 atom stereocenters. The number of carbonyl (C=O) groups excluding carboxylic acids is 4. The SMILES string of the molecule is CO[C@H]1C[C@@H]2CC[C@@H](C)[C@](OC)(CC(=O)N3CCCCC3C(=O)OC([C@H](C)CC3CC[C@@H](O)[C@H](OC)C3)CC(=O)[C@H](C)/C=C(\C)C(O)[C@@H](OC)C(=O)C(C)CC(C)/C=C/C=C/C=C/1C)O2. The first-order valence-corrected chi connectivity index (χ1v) is 24.3. The first-order valence-electron chi connectivity index (χ1n) is 24.3. The highest BCUT2D eigenvalue weighted by Gasteiger charge is 2.48. The number of ether oxygens (including phenoxy) is 6. The Morgan fingerprint density at radius 1 is 0.846 bits per heavy atom. The van der Waals surface area contributed by atoms with Gasteiger partial charge in [-0.2, -0.15) is 0 Å². The summed E-state index contributed by atoms with van der Waals surface area (Å²) >= 11 is 0. The molecule has 0 aromatic rings. The van der Waals surface area contributed by atoms with Gasteiger partial charge in [0.15, 0.2) is 11.6 Å². The number of esters is 1. The molecule has 13 nitrogen and oxygen atoms in total. The maximum Gasteiger partial charge on any atom is 0.329 e. The normalized spacial score (nSPS) is 40.4. The highest BCUT2D eigenvalue weighted by Crippen LogP contribution is 2.41. The summed E-state index contributed by atoms with van der Waals surface area (Å²) in [5.74, 6) is -3.62. The van der Waals surface area contributed by atoms with E-state index in [0.29, 0.717) is 50.6 Å². The van der Waals surface area contributed by atoms with Gasteiger partial charge in [-0.25, -0.2) is 4.79 Å². The maximum atomic E-state index is 14.5. The lowest BCUT2D eigenvalue weighted by molar-refractivity contribution is -0.297. The molecule has 3 heterocycles. The van der Waals surface area contributed by atoms with E-state index in [1.54, 1.807) is 46.2 Å². The van der Waals surface area contributed by atoms with Crippen molar-refractivity contribution in [1.29, 1.82) is 0 Å². The number of amides is 1. The molecule has 0 spiro atoms. The van der Waals surface area contributed by atoms with Crippen molar-refractivity contribution >= 4 is 23.4 Å². The Labute approximate surface area is 389 Å². The second-order valence-electron chi connectivity index (χ2n) is 19.8. The van der Waals surface area contributed by atoms with Gasteiger partial charge in [0.2, 0.25) is 5.91 Å². The number of carbonyl (C=O) groups is 4. The first kappa shape index (κ1) is 54.6. The third kappa shape index (κ3) is 15.0. The average Bonchev–Trinajstić information content (AvgIpc) is 3.28. The number of nitrogens with zero attached hydrogens (tertiary/aromatic N) is 1. The molecule has 1 aliphatic carbocycles. The standard InChI is InChI=1S/C52H83NO12/c1-32-17-13-12-14-18-33(2)44(60-8)29-40-22-20-38(7)52(63-11,65-40)31-47(56)53-24-16-15-19-41(53)51(59)64-45(35(4)27-39-21-23-42(54)46(28-39)61-9)30-43(55)34(3)26-37(6)49(58)50(62-10)48(57)36(5)25-32/h12-14,17-18,26,32,34-36,38-42,44-46,49-50,54,58H,15-16,19-25,27-31H2,1-11H3/b14-12+,17-13+,33-18+,37-26+/t32?,34-,35-,36?,38-,39?,40+,41?,42-,44+,45?,46-,49?,50+,52+/m1/s1. The summed E-state index contributed by atoms with van der Waals surface area (Å²) in [6, 6.07) is -0.847. The molecule has 1 saturated carbocycles. The molecule has 4 rings (SSSR count). The Kier molecular flexibility index (Phi) is 21.8. The maximum absolute atomic E-state index is 14.5. The van der Waals surface area contributed by atoms with Gasteiger partial charge in [-0.05, 0) is 107 Å². The van der Waals surface area contributed by atoms with Crippen LogP contribution in [0.5, 0.6) is 0 Å². The van der Waals surface area contributed by atoms with E-state index in [1.165, 1.54) is 7.11 Å². The smallest absolute Gasteiger partial charge is 0.329 e. The van der Waals surface area contributed by atoms with Crippen molar-refractivity contribution in [3.63, 3.8) is 0 Å². The Hall–Kier alpha value is -3.04. The molecule has 65 heavy (non-hydrogen) atoms. The molecule has 3 aliphatic heterocycles. The van der Waals surface area contributed by atoms with Crippen molar-refractivity contribution in [2.24, 2.45) is 35.5 Å². The third-order valence-corrected chi connectivity index (χ3v) is 14.9. The predicted octanol–water partition coefficient (Wildman–Crippen LogP) is 7.66. The molecule has 2 N–H and O–H groups in total. The van der Waals surface area contributed by atoms with Gasteiger partial charge in [-0.3, -0.25) is 14.4 Å². The summed E-state index contributed by atoms with van der Waals surface area (Å²) in [5.41, 5.74) is 1.44. The van der Waals surface area contributed by atoms with E-state index in [2.05, 4.69) is 0 Å². The topological polar surface area (TPSA) is 167 Å². The van der Waals surface area contributed by atoms with E-state index >= 15 is 0 Å². The van der Waals surface area contributed by atoms with Crippen LogP contribution in [0.2, 0.25) is 0 Å². The van der Waals surface area contributed by atoms with Crippen LogP contribution < -0.4 is 0 Å². The lowest BCUT2D eigenvalue weighted by Crippen LogP contribution is -2.55. The number of hydrogen-bond acceptors (Lipinski definition) is 12. The first-order chi connectivity index (χ1) is 30.9. The fourth-order valence-electron chi connectivity index (χ4n) is 10.5. The largest absolute Gasteiger partial charge is 0.460 e. The van der Waals surface area contributed by atoms with Gasteiger partial charge in [-0.15, -0.1) is 0 Å². The van der Waals surface area contributed by atoms with Crippen molar-refractivity contribution in [1.82, 2.24) is 4.90 Å². The number of fused-ring (bicyclic) bond motifs is 3. The zero-order valence-electron chi connectivity index (χ0n) is 41.4. The molecule has 2 bridgehead atoms. The van der Waals surface area contributed by atoms with Gasteiger partial charge in [0.25, 0.3) is 0 Å². The van der Waals surface area contributed by atoms with Gasteiger partial charge >= 0.3 is 5.97 Å². The molecular weight excluding hydrogens is 831 g/mol. The zero-order valence-corrected chi connectivity index (χ0v) is 41.4. The Morgan fingerprint density at radius 2 is 1.58 bits per heavy atom. The zero-order chi connectivity index (χ0) is 48.0. The molecule has 1 amide bonds. The predicted molar refractivity (Wildman–Crippen MR) is 250 cm³/mol. The minimum absolute atomic E-state index is 0.0606. The molecular formula is C52H83NO12. The minimum Gasteiger partial charge on any atom is -0.460 e. The molecule has 2 saturated heterocycles. The van der Waals surface area contributed by atoms with Crippen LogP contribution in [-0.2, 0) is 47.6 Å². The number of rotatable bonds is 7. The van der Waals surface area contributed by atoms with Gasteiger partial charge in [-0.1, -0.05) is 71.1 Å². The molecule has 6 unspecified atom stereocenters. The molecule has 3 fully saturated rings. The van der Waals surface area contributed by atoms with Crippen molar-refractivity contribution in [2.45, 2.75) is 186 Å². The van der Waals surface area contributed by atoms with Crippen molar-refractivity contribution in [3.05, 3.63) is 47.6 Å². The number of aliphatic hydroxyl groups excluding tert-OH is 2. The average molecular weight is 914 g/mol. The summed E-state index contributed by atoms with van der Waals surface area (Å²) in [6.07, 6.45) is 14.1. The van der Waals surface area contributed by atoms with Gasteiger partial charge < -0.3 is 43.5 Å². The number of cyclic esters (lactones) is 1. The number of methoxy groups -OCH3 is 4. The number of Topliss-reactive ketones (excluding diaryl/α,β-unsaturated/α-hetero) is 2. The summed E-state index contributed by atoms with van der Waals surface area (Å²) in [7, 11) is 6.26. The van der Waals surface area contributed by atoms with Crippen molar-refractivity contribution in [3.8, 4) is 0 Å². The molecule has 0 aromatic carbocycles. The van der Waals surface area contributed by atoms with Crippen LogP contribution in [0.15, 0.2) is 47.6 Å². The summed E-state index contributed by atoms with van der Waals surface area (Å²) in [6.45, 7) is 13.7. The Balaban J connectivity index is 1.69. The van der Waals surface area contributed by atoms with Crippen LogP contribution in [0, 0.1) is 35.5 Å². The van der Waals surface area contributed by atoms with E-state index in [1.807, 2.05) is 65.0 Å². The Bertz CT molecular complexity index is 1690. The second-order valence-corrected chi connectivity index (χ2v) is 19.8. The van der Waals surface area contributed by atoms with E-state index in [-0.39, 0.29) is 72.3 Å². The van der Waals surface area contributed by atoms with Crippen LogP contribution in [0.1, 0.15) is 132 Å². The quantitative estimate of drug-likeness (QED) is 0.190. The highest BCUT2D eigenvalue weighted by atomic mass is 16.7. The minimum atomic E-state index is -1.27. The third-order valence-electron chi connectivity index (χ3n) is 14.9. The van der Waals surface area contributed by atoms with Gasteiger partial charge in [0.05, 0.1) is 30.8 Å². The van der Waals surface area contributed by atoms with E-state index in [0.717, 1.165) is 37.7 Å². The number of allylic oxidation sites excluding steroid dienone is 6. The second kappa shape index (κ2) is 25.9. The van der Waals surface area contributed by atoms with E-state index in [9.17, 15) is 29.4 Å².